The Morgan fingerprint density at radius 2 is 2.19 bits per heavy atom. The molecule has 7 heteroatoms. The SMILES string of the molecule is CN1CC[C@H](C(=O)NCc2nc(C3CCCO3)n[nH]2)[C@@H]1c1ccccc1. The molecule has 1 aromatic carbocycles. The van der Waals surface area contributed by atoms with E-state index in [1.54, 1.807) is 0 Å². The highest BCUT2D eigenvalue weighted by molar-refractivity contribution is 5.80. The molecule has 2 aliphatic heterocycles. The van der Waals surface area contributed by atoms with Crippen molar-refractivity contribution in [1.82, 2.24) is 25.4 Å². The lowest BCUT2D eigenvalue weighted by atomic mass is 9.93. The van der Waals surface area contributed by atoms with Gasteiger partial charge < -0.3 is 10.1 Å². The number of likely N-dealkylation sites (tertiary alicyclic amines) is 1. The van der Waals surface area contributed by atoms with Crippen molar-refractivity contribution >= 4 is 5.91 Å². The number of rotatable bonds is 5. The molecule has 0 radical (unpaired) electrons. The third-order valence-electron chi connectivity index (χ3n) is 5.32. The highest BCUT2D eigenvalue weighted by Gasteiger charge is 2.37. The molecule has 2 aromatic rings. The molecule has 2 saturated heterocycles. The zero-order valence-electron chi connectivity index (χ0n) is 15.0. The zero-order valence-corrected chi connectivity index (χ0v) is 15.0. The fourth-order valence-electron chi connectivity index (χ4n) is 3.97. The van der Waals surface area contributed by atoms with E-state index in [1.165, 1.54) is 5.56 Å². The van der Waals surface area contributed by atoms with Crippen molar-refractivity contribution in [3.63, 3.8) is 0 Å². The highest BCUT2D eigenvalue weighted by atomic mass is 16.5. The summed E-state index contributed by atoms with van der Waals surface area (Å²) in [5.74, 6) is 1.38. The zero-order chi connectivity index (χ0) is 17.9. The lowest BCUT2D eigenvalue weighted by Crippen LogP contribution is -2.34. The van der Waals surface area contributed by atoms with Crippen LogP contribution in [0.5, 0.6) is 0 Å². The minimum Gasteiger partial charge on any atom is -0.370 e. The highest BCUT2D eigenvalue weighted by Crippen LogP contribution is 2.36. The number of benzene rings is 1. The molecule has 0 aliphatic carbocycles. The van der Waals surface area contributed by atoms with Crippen LogP contribution in [0.25, 0.3) is 0 Å². The summed E-state index contributed by atoms with van der Waals surface area (Å²) in [6.07, 6.45) is 2.85. The minimum absolute atomic E-state index is 0.0124. The van der Waals surface area contributed by atoms with E-state index in [2.05, 4.69) is 44.6 Å². The molecule has 0 saturated carbocycles. The second-order valence-electron chi connectivity index (χ2n) is 7.09. The number of hydrogen-bond acceptors (Lipinski definition) is 5. The number of carbonyl (C=O) groups excluding carboxylic acids is 1. The van der Waals surface area contributed by atoms with Crippen LogP contribution in [-0.4, -0.2) is 46.2 Å². The number of ether oxygens (including phenoxy) is 1. The summed E-state index contributed by atoms with van der Waals surface area (Å²) < 4.78 is 5.60. The van der Waals surface area contributed by atoms with Crippen molar-refractivity contribution < 1.29 is 9.53 Å². The number of nitrogens with zero attached hydrogens (tertiary/aromatic N) is 3. The first-order chi connectivity index (χ1) is 12.7. The number of aromatic amines is 1. The van der Waals surface area contributed by atoms with Crippen LogP contribution in [0.2, 0.25) is 0 Å². The Morgan fingerprint density at radius 1 is 1.35 bits per heavy atom. The van der Waals surface area contributed by atoms with Gasteiger partial charge in [0.25, 0.3) is 0 Å². The summed E-state index contributed by atoms with van der Waals surface area (Å²) in [6, 6.07) is 10.4. The van der Waals surface area contributed by atoms with Gasteiger partial charge in [-0.3, -0.25) is 14.8 Å². The molecule has 4 rings (SSSR count). The van der Waals surface area contributed by atoms with Gasteiger partial charge in [-0.25, -0.2) is 4.98 Å². The Labute approximate surface area is 153 Å². The van der Waals surface area contributed by atoms with Gasteiger partial charge in [0, 0.05) is 12.6 Å². The molecule has 0 spiro atoms. The first kappa shape index (κ1) is 17.2. The molecule has 26 heavy (non-hydrogen) atoms. The van der Waals surface area contributed by atoms with E-state index in [0.29, 0.717) is 18.2 Å². The lowest BCUT2D eigenvalue weighted by molar-refractivity contribution is -0.126. The molecule has 2 N–H and O–H groups in total. The summed E-state index contributed by atoms with van der Waals surface area (Å²) >= 11 is 0. The number of H-pyrrole nitrogens is 1. The molecule has 2 aliphatic rings. The monoisotopic (exact) mass is 355 g/mol. The van der Waals surface area contributed by atoms with Crippen molar-refractivity contribution in [2.45, 2.75) is 38.0 Å². The Balaban J connectivity index is 1.38. The lowest BCUT2D eigenvalue weighted by Gasteiger charge is -2.24. The Morgan fingerprint density at radius 3 is 2.96 bits per heavy atom. The molecule has 1 amide bonds. The van der Waals surface area contributed by atoms with E-state index < -0.39 is 0 Å². The number of amides is 1. The van der Waals surface area contributed by atoms with Gasteiger partial charge in [0.2, 0.25) is 5.91 Å². The van der Waals surface area contributed by atoms with Crippen LogP contribution in [0.15, 0.2) is 30.3 Å². The Bertz CT molecular complexity index is 741. The second kappa shape index (κ2) is 7.55. The van der Waals surface area contributed by atoms with Crippen LogP contribution in [0.1, 0.15) is 48.6 Å². The van der Waals surface area contributed by atoms with E-state index in [4.69, 9.17) is 4.74 Å². The number of hydrogen-bond donors (Lipinski definition) is 2. The summed E-state index contributed by atoms with van der Waals surface area (Å²) in [5.41, 5.74) is 1.19. The van der Waals surface area contributed by atoms with Gasteiger partial charge in [0.1, 0.15) is 11.9 Å². The molecule has 2 fully saturated rings. The number of aromatic nitrogens is 3. The normalized spacial score (nSPS) is 26.3. The average molecular weight is 355 g/mol. The molecule has 1 unspecified atom stereocenters. The maximum absolute atomic E-state index is 12.8. The van der Waals surface area contributed by atoms with Crippen LogP contribution >= 0.6 is 0 Å². The largest absolute Gasteiger partial charge is 0.370 e. The van der Waals surface area contributed by atoms with Gasteiger partial charge in [0.15, 0.2) is 5.82 Å². The summed E-state index contributed by atoms with van der Waals surface area (Å²) in [7, 11) is 2.08. The van der Waals surface area contributed by atoms with Gasteiger partial charge in [-0.05, 0) is 38.4 Å². The minimum atomic E-state index is -0.0528. The van der Waals surface area contributed by atoms with E-state index in [9.17, 15) is 4.79 Å². The van der Waals surface area contributed by atoms with Gasteiger partial charge in [0.05, 0.1) is 12.5 Å². The molecule has 3 atom stereocenters. The van der Waals surface area contributed by atoms with Gasteiger partial charge >= 0.3 is 0 Å². The van der Waals surface area contributed by atoms with Crippen LogP contribution in [-0.2, 0) is 16.1 Å². The Kier molecular flexibility index (Phi) is 4.99. The molecule has 1 aromatic heterocycles. The molecule has 7 nitrogen and oxygen atoms in total. The molecular formula is C19H25N5O2. The van der Waals surface area contributed by atoms with E-state index in [0.717, 1.165) is 32.4 Å². The predicted octanol–water partition coefficient (Wildman–Crippen LogP) is 1.97. The fourth-order valence-corrected chi connectivity index (χ4v) is 3.97. The van der Waals surface area contributed by atoms with Crippen molar-refractivity contribution in [3.05, 3.63) is 47.5 Å². The van der Waals surface area contributed by atoms with Crippen LogP contribution < -0.4 is 5.32 Å². The third-order valence-corrected chi connectivity index (χ3v) is 5.32. The maximum Gasteiger partial charge on any atom is 0.225 e. The molecule has 138 valence electrons. The Hall–Kier alpha value is -2.25. The predicted molar refractivity (Wildman–Crippen MR) is 96.1 cm³/mol. The van der Waals surface area contributed by atoms with Gasteiger partial charge in [-0.2, -0.15) is 5.10 Å². The van der Waals surface area contributed by atoms with Crippen molar-refractivity contribution in [1.29, 1.82) is 0 Å². The summed E-state index contributed by atoms with van der Waals surface area (Å²) in [5, 5.41) is 10.2. The smallest absolute Gasteiger partial charge is 0.225 e. The number of carbonyl (C=O) groups is 1. The van der Waals surface area contributed by atoms with Crippen molar-refractivity contribution in [2.75, 3.05) is 20.2 Å². The van der Waals surface area contributed by atoms with Crippen LogP contribution in [0.4, 0.5) is 0 Å². The molecule has 0 bridgehead atoms. The standard InChI is InChI=1S/C19H25N5O2/c1-24-10-9-14(17(24)13-6-3-2-4-7-13)19(25)20-12-16-21-18(23-22-16)15-8-5-11-26-15/h2-4,6-7,14-15,17H,5,8-12H2,1H3,(H,20,25)(H,21,22,23)/t14-,15?,17-/m0/s1. The number of nitrogens with one attached hydrogen (secondary N) is 2. The van der Waals surface area contributed by atoms with E-state index in [1.807, 2.05) is 18.2 Å². The van der Waals surface area contributed by atoms with Gasteiger partial charge in [-0.1, -0.05) is 30.3 Å². The summed E-state index contributed by atoms with van der Waals surface area (Å²) in [4.78, 5) is 19.5. The molecule has 3 heterocycles. The topological polar surface area (TPSA) is 83.1 Å². The quantitative estimate of drug-likeness (QED) is 0.857. The summed E-state index contributed by atoms with van der Waals surface area (Å²) in [6.45, 7) is 2.05. The van der Waals surface area contributed by atoms with E-state index >= 15 is 0 Å². The van der Waals surface area contributed by atoms with Crippen LogP contribution in [0, 0.1) is 5.92 Å². The first-order valence-electron chi connectivity index (χ1n) is 9.28. The van der Waals surface area contributed by atoms with Gasteiger partial charge in [-0.15, -0.1) is 0 Å². The van der Waals surface area contributed by atoms with Crippen molar-refractivity contribution in [3.8, 4) is 0 Å². The maximum atomic E-state index is 12.8. The average Bonchev–Trinajstić information content (AvgIpc) is 3.40. The van der Waals surface area contributed by atoms with E-state index in [-0.39, 0.29) is 24.0 Å². The van der Waals surface area contributed by atoms with Crippen molar-refractivity contribution in [2.24, 2.45) is 5.92 Å². The molecular weight excluding hydrogens is 330 g/mol. The van der Waals surface area contributed by atoms with Crippen LogP contribution in [0.3, 0.4) is 0 Å². The second-order valence-corrected chi connectivity index (χ2v) is 7.09. The fraction of sp³-hybridized carbons (Fsp3) is 0.526. The first-order valence-corrected chi connectivity index (χ1v) is 9.28. The third kappa shape index (κ3) is 3.50.